The van der Waals surface area contributed by atoms with Crippen LogP contribution in [-0.2, 0) is 7.05 Å². The highest BCUT2D eigenvalue weighted by Crippen LogP contribution is 2.26. The van der Waals surface area contributed by atoms with Gasteiger partial charge in [-0.2, -0.15) is 5.10 Å². The lowest BCUT2D eigenvalue weighted by atomic mass is 10.3. The molecule has 0 saturated heterocycles. The number of hydrogen-bond donors (Lipinski definition) is 1. The number of rotatable bonds is 3. The average molecular weight is 299 g/mol. The van der Waals surface area contributed by atoms with Crippen LogP contribution in [0.3, 0.4) is 0 Å². The molecule has 3 heterocycles. The van der Waals surface area contributed by atoms with Crippen molar-refractivity contribution in [1.82, 2.24) is 19.7 Å². The van der Waals surface area contributed by atoms with Crippen molar-refractivity contribution in [2.45, 2.75) is 6.92 Å². The average Bonchev–Trinajstić information content (AvgIpc) is 3.06. The molecule has 0 aromatic carbocycles. The Morgan fingerprint density at radius 3 is 2.90 bits per heavy atom. The summed E-state index contributed by atoms with van der Waals surface area (Å²) in [7, 11) is 1.80. The first kappa shape index (κ1) is 13.4. The fraction of sp³-hybridized carbons (Fsp3) is 0.143. The highest BCUT2D eigenvalue weighted by atomic mass is 32.1. The SMILES string of the molecule is Cc1nc(-c2ccccn2)sc1C(=O)Nc1cnn(C)c1. The first-order valence-corrected chi connectivity index (χ1v) is 7.14. The Morgan fingerprint density at radius 1 is 1.38 bits per heavy atom. The molecule has 0 radical (unpaired) electrons. The van der Waals surface area contributed by atoms with Crippen molar-refractivity contribution < 1.29 is 4.79 Å². The molecule has 106 valence electrons. The third kappa shape index (κ3) is 2.82. The number of hydrogen-bond acceptors (Lipinski definition) is 5. The molecule has 3 aromatic rings. The van der Waals surface area contributed by atoms with Crippen LogP contribution < -0.4 is 5.32 Å². The molecule has 0 aliphatic heterocycles. The van der Waals surface area contributed by atoms with Gasteiger partial charge in [0.25, 0.3) is 5.91 Å². The fourth-order valence-electron chi connectivity index (χ4n) is 1.88. The lowest BCUT2D eigenvalue weighted by Crippen LogP contribution is -2.10. The van der Waals surface area contributed by atoms with Crippen molar-refractivity contribution >= 4 is 22.9 Å². The quantitative estimate of drug-likeness (QED) is 0.806. The summed E-state index contributed by atoms with van der Waals surface area (Å²) in [6.07, 6.45) is 5.06. The zero-order valence-electron chi connectivity index (χ0n) is 11.6. The van der Waals surface area contributed by atoms with Crippen LogP contribution in [0, 0.1) is 6.92 Å². The summed E-state index contributed by atoms with van der Waals surface area (Å²) < 4.78 is 1.63. The predicted molar refractivity (Wildman–Crippen MR) is 81.2 cm³/mol. The van der Waals surface area contributed by atoms with Gasteiger partial charge in [-0.25, -0.2) is 4.98 Å². The van der Waals surface area contributed by atoms with E-state index in [-0.39, 0.29) is 5.91 Å². The molecule has 0 aliphatic rings. The van der Waals surface area contributed by atoms with E-state index < -0.39 is 0 Å². The zero-order valence-corrected chi connectivity index (χ0v) is 12.4. The van der Waals surface area contributed by atoms with Crippen molar-refractivity contribution in [3.05, 3.63) is 47.4 Å². The van der Waals surface area contributed by atoms with E-state index >= 15 is 0 Å². The third-order valence-electron chi connectivity index (χ3n) is 2.85. The molecule has 1 amide bonds. The van der Waals surface area contributed by atoms with Gasteiger partial charge in [0.05, 0.1) is 23.3 Å². The number of carbonyl (C=O) groups excluding carboxylic acids is 1. The van der Waals surface area contributed by atoms with Crippen molar-refractivity contribution in [3.63, 3.8) is 0 Å². The Labute approximate surface area is 125 Å². The van der Waals surface area contributed by atoms with E-state index in [1.807, 2.05) is 25.1 Å². The predicted octanol–water partition coefficient (Wildman–Crippen LogP) is 2.50. The second-order valence-corrected chi connectivity index (χ2v) is 5.50. The number of amides is 1. The van der Waals surface area contributed by atoms with E-state index in [0.717, 1.165) is 10.7 Å². The molecular weight excluding hydrogens is 286 g/mol. The monoisotopic (exact) mass is 299 g/mol. The molecule has 0 atom stereocenters. The maximum absolute atomic E-state index is 12.3. The Kier molecular flexibility index (Phi) is 3.49. The maximum atomic E-state index is 12.3. The number of pyridine rings is 1. The smallest absolute Gasteiger partial charge is 0.267 e. The molecule has 0 aliphatic carbocycles. The number of thiazole rings is 1. The van der Waals surface area contributed by atoms with Crippen LogP contribution in [0.4, 0.5) is 5.69 Å². The van der Waals surface area contributed by atoms with Crippen molar-refractivity contribution in [2.24, 2.45) is 7.05 Å². The fourth-order valence-corrected chi connectivity index (χ4v) is 2.82. The number of nitrogens with one attached hydrogen (secondary N) is 1. The minimum atomic E-state index is -0.180. The van der Waals surface area contributed by atoms with Crippen LogP contribution >= 0.6 is 11.3 Å². The summed E-state index contributed by atoms with van der Waals surface area (Å²) in [5.41, 5.74) is 2.13. The summed E-state index contributed by atoms with van der Waals surface area (Å²) in [4.78, 5) is 21.5. The van der Waals surface area contributed by atoms with Gasteiger partial charge in [0.1, 0.15) is 9.88 Å². The minimum absolute atomic E-state index is 0.180. The summed E-state index contributed by atoms with van der Waals surface area (Å²) in [5.74, 6) is -0.180. The summed E-state index contributed by atoms with van der Waals surface area (Å²) in [6, 6.07) is 5.62. The van der Waals surface area contributed by atoms with Crippen LogP contribution in [0.15, 0.2) is 36.8 Å². The van der Waals surface area contributed by atoms with E-state index in [1.165, 1.54) is 11.3 Å². The van der Waals surface area contributed by atoms with Gasteiger partial charge in [-0.15, -0.1) is 11.3 Å². The van der Waals surface area contributed by atoms with Crippen LogP contribution in [0.1, 0.15) is 15.4 Å². The number of aryl methyl sites for hydroxylation is 2. The van der Waals surface area contributed by atoms with Crippen LogP contribution in [0.2, 0.25) is 0 Å². The molecule has 21 heavy (non-hydrogen) atoms. The molecule has 3 aromatic heterocycles. The molecule has 0 bridgehead atoms. The van der Waals surface area contributed by atoms with Crippen LogP contribution in [0.25, 0.3) is 10.7 Å². The van der Waals surface area contributed by atoms with Gasteiger partial charge < -0.3 is 5.32 Å². The first-order valence-electron chi connectivity index (χ1n) is 6.32. The minimum Gasteiger partial charge on any atom is -0.319 e. The van der Waals surface area contributed by atoms with E-state index in [2.05, 4.69) is 20.4 Å². The Hall–Kier alpha value is -2.54. The number of aromatic nitrogens is 4. The van der Waals surface area contributed by atoms with Crippen LogP contribution in [0.5, 0.6) is 0 Å². The lowest BCUT2D eigenvalue weighted by Gasteiger charge is -1.99. The number of carbonyl (C=O) groups is 1. The topological polar surface area (TPSA) is 72.7 Å². The Balaban J connectivity index is 1.86. The summed E-state index contributed by atoms with van der Waals surface area (Å²) in [6.45, 7) is 1.82. The highest BCUT2D eigenvalue weighted by molar-refractivity contribution is 7.17. The van der Waals surface area contributed by atoms with E-state index in [4.69, 9.17) is 0 Å². The molecule has 1 N–H and O–H groups in total. The van der Waals surface area contributed by atoms with Crippen molar-refractivity contribution in [2.75, 3.05) is 5.32 Å². The molecule has 0 saturated carbocycles. The van der Waals surface area contributed by atoms with Crippen LogP contribution in [-0.4, -0.2) is 25.7 Å². The van der Waals surface area contributed by atoms with Gasteiger partial charge in [-0.3, -0.25) is 14.5 Å². The first-order chi connectivity index (χ1) is 10.1. The second kappa shape index (κ2) is 5.45. The molecule has 0 unspecified atom stereocenters. The third-order valence-corrected chi connectivity index (χ3v) is 4.03. The number of nitrogens with zero attached hydrogens (tertiary/aromatic N) is 4. The van der Waals surface area contributed by atoms with Crippen molar-refractivity contribution in [1.29, 1.82) is 0 Å². The standard InChI is InChI=1S/C14H13N5OS/c1-9-12(13(20)18-10-7-16-19(2)8-10)21-14(17-9)11-5-3-4-6-15-11/h3-8H,1-2H3,(H,18,20). The largest absolute Gasteiger partial charge is 0.319 e. The Morgan fingerprint density at radius 2 is 2.24 bits per heavy atom. The van der Waals surface area contributed by atoms with Gasteiger partial charge >= 0.3 is 0 Å². The van der Waals surface area contributed by atoms with Gasteiger partial charge in [-0.1, -0.05) is 6.07 Å². The normalized spacial score (nSPS) is 10.6. The second-order valence-electron chi connectivity index (χ2n) is 4.51. The number of anilines is 1. The summed E-state index contributed by atoms with van der Waals surface area (Å²) >= 11 is 1.33. The molecule has 0 spiro atoms. The maximum Gasteiger partial charge on any atom is 0.267 e. The van der Waals surface area contributed by atoms with Crippen molar-refractivity contribution in [3.8, 4) is 10.7 Å². The molecule has 0 fully saturated rings. The summed E-state index contributed by atoms with van der Waals surface area (Å²) in [5, 5.41) is 7.57. The van der Waals surface area contributed by atoms with E-state index in [1.54, 1.807) is 30.3 Å². The Bertz CT molecular complexity index is 778. The van der Waals surface area contributed by atoms with Gasteiger partial charge in [0.2, 0.25) is 0 Å². The lowest BCUT2D eigenvalue weighted by molar-refractivity contribution is 0.103. The highest BCUT2D eigenvalue weighted by Gasteiger charge is 2.17. The zero-order chi connectivity index (χ0) is 14.8. The van der Waals surface area contributed by atoms with Gasteiger partial charge in [0, 0.05) is 19.4 Å². The molecule has 6 nitrogen and oxygen atoms in total. The molecule has 3 rings (SSSR count). The molecule has 7 heteroatoms. The molecular formula is C14H13N5OS. The van der Waals surface area contributed by atoms with E-state index in [0.29, 0.717) is 16.3 Å². The van der Waals surface area contributed by atoms with Gasteiger partial charge in [-0.05, 0) is 19.1 Å². The van der Waals surface area contributed by atoms with E-state index in [9.17, 15) is 4.79 Å². The van der Waals surface area contributed by atoms with Gasteiger partial charge in [0.15, 0.2) is 0 Å².